The number of ether oxygens (including phenoxy) is 5. The van der Waals surface area contributed by atoms with Crippen molar-refractivity contribution in [3.05, 3.63) is 163 Å². The van der Waals surface area contributed by atoms with Gasteiger partial charge in [-0.05, 0) is 74.7 Å². The Labute approximate surface area is 339 Å². The van der Waals surface area contributed by atoms with Gasteiger partial charge in [-0.2, -0.15) is 13.0 Å². The zero-order valence-electron chi connectivity index (χ0n) is 33.1. The lowest BCUT2D eigenvalue weighted by atomic mass is 9.80. The van der Waals surface area contributed by atoms with Crippen molar-refractivity contribution in [3.8, 4) is 11.5 Å². The molecule has 2 heterocycles. The maximum atomic E-state index is 13.9. The summed E-state index contributed by atoms with van der Waals surface area (Å²) in [5, 5.41) is 11.9. The van der Waals surface area contributed by atoms with Crippen molar-refractivity contribution in [2.24, 2.45) is 0 Å². The lowest BCUT2D eigenvalue weighted by Gasteiger charge is -2.37. The topological polar surface area (TPSA) is 194 Å². The highest BCUT2D eigenvalue weighted by atomic mass is 32.2. The Hall–Kier alpha value is -6.14. The number of aryl methyl sites for hydroxylation is 1. The van der Waals surface area contributed by atoms with Crippen molar-refractivity contribution >= 4 is 21.9 Å². The zero-order chi connectivity index (χ0) is 42.7. The predicted octanol–water partition coefficient (Wildman–Crippen LogP) is 6.10. The van der Waals surface area contributed by atoms with E-state index in [4.69, 9.17) is 27.9 Å². The molecule has 4 aromatic carbocycles. The SMILES string of the molecule is COc1ccc(C(OC[C@H]2O[C@@H](n3cc(C)c(=O)n(C(=O)OC(C)(C)C)c3=O)C[C@H]2OS(=O)(=O)c2ccccc2[N+](=O)[O-])(c2ccccc2)c2ccc(OC)cc2)cc1. The molecule has 0 saturated carbocycles. The van der Waals surface area contributed by atoms with Crippen molar-refractivity contribution in [1.29, 1.82) is 0 Å². The van der Waals surface area contributed by atoms with Gasteiger partial charge in [-0.25, -0.2) is 9.59 Å². The molecule has 1 aromatic heterocycles. The van der Waals surface area contributed by atoms with Gasteiger partial charge >= 0.3 is 21.9 Å². The van der Waals surface area contributed by atoms with Gasteiger partial charge in [0.25, 0.3) is 11.2 Å². The Morgan fingerprint density at radius 2 is 1.39 bits per heavy atom. The molecule has 0 bridgehead atoms. The first kappa shape index (κ1) is 42.5. The summed E-state index contributed by atoms with van der Waals surface area (Å²) in [6.45, 7) is 5.71. The normalized spacial score (nSPS) is 17.0. The van der Waals surface area contributed by atoms with Gasteiger partial charge in [0.2, 0.25) is 0 Å². The number of nitrogens with zero attached hydrogens (tertiary/aromatic N) is 3. The fourth-order valence-corrected chi connectivity index (χ4v) is 8.09. The molecule has 59 heavy (non-hydrogen) atoms. The highest BCUT2D eigenvalue weighted by molar-refractivity contribution is 7.87. The number of carbonyl (C=O) groups excluding carboxylic acids is 1. The number of para-hydroxylation sites is 1. The van der Waals surface area contributed by atoms with Crippen LogP contribution in [0.1, 0.15) is 55.7 Å². The summed E-state index contributed by atoms with van der Waals surface area (Å²) >= 11 is 0. The van der Waals surface area contributed by atoms with E-state index in [9.17, 15) is 32.9 Å². The average Bonchev–Trinajstić information content (AvgIpc) is 3.60. The van der Waals surface area contributed by atoms with E-state index < -0.39 is 72.6 Å². The minimum Gasteiger partial charge on any atom is -0.497 e. The third kappa shape index (κ3) is 8.83. The molecule has 1 aliphatic rings. The maximum absolute atomic E-state index is 13.9. The molecule has 0 aliphatic carbocycles. The number of aromatic nitrogens is 2. The van der Waals surface area contributed by atoms with E-state index in [2.05, 4.69) is 0 Å². The van der Waals surface area contributed by atoms with Crippen LogP contribution < -0.4 is 20.7 Å². The molecule has 5 aromatic rings. The van der Waals surface area contributed by atoms with Gasteiger partial charge in [0.05, 0.1) is 25.7 Å². The van der Waals surface area contributed by atoms with Gasteiger partial charge in [0, 0.05) is 24.2 Å². The fraction of sp³-hybridized carbons (Fsp3) is 0.310. The van der Waals surface area contributed by atoms with Crippen LogP contribution in [0.5, 0.6) is 11.5 Å². The second kappa shape index (κ2) is 17.0. The van der Waals surface area contributed by atoms with E-state index >= 15 is 0 Å². The quantitative estimate of drug-likeness (QED) is 0.0573. The first-order chi connectivity index (χ1) is 28.0. The largest absolute Gasteiger partial charge is 0.497 e. The number of methoxy groups -OCH3 is 2. The molecule has 0 N–H and O–H groups in total. The maximum Gasteiger partial charge on any atom is 0.425 e. The van der Waals surface area contributed by atoms with Crippen LogP contribution in [0.3, 0.4) is 0 Å². The third-order valence-corrected chi connectivity index (χ3v) is 11.0. The highest BCUT2D eigenvalue weighted by Gasteiger charge is 2.45. The van der Waals surface area contributed by atoms with E-state index in [0.717, 1.165) is 16.7 Å². The van der Waals surface area contributed by atoms with Gasteiger partial charge in [0.15, 0.2) is 4.90 Å². The van der Waals surface area contributed by atoms with Crippen LogP contribution in [-0.2, 0) is 34.1 Å². The summed E-state index contributed by atoms with van der Waals surface area (Å²) in [5.41, 5.74) is -3.27. The summed E-state index contributed by atoms with van der Waals surface area (Å²) in [4.78, 5) is 50.6. The van der Waals surface area contributed by atoms with E-state index in [1.54, 1.807) is 45.0 Å². The number of hydrogen-bond donors (Lipinski definition) is 0. The fourth-order valence-electron chi connectivity index (χ4n) is 6.81. The molecular formula is C42H43N3O13S. The summed E-state index contributed by atoms with van der Waals surface area (Å²) < 4.78 is 64.5. The summed E-state index contributed by atoms with van der Waals surface area (Å²) in [6.07, 6.45) is -4.42. The standard InChI is InChI=1S/C42H43N3O13S/c1-27-25-43(39(47)44(38(27)46)40(48)57-41(2,3)4)37-24-34(58-59(51,52)36-15-11-10-14-33(36)45(49)50)35(56-37)26-55-42(28-12-8-7-9-13-28,29-16-20-31(53-5)21-17-29)30-18-22-32(54-6)23-19-30/h7-23,25,34-35,37H,24,26H2,1-6H3/t34-,35-,37-/m1/s1. The molecule has 0 amide bonds. The molecule has 310 valence electrons. The molecule has 3 atom stereocenters. The van der Waals surface area contributed by atoms with E-state index in [0.29, 0.717) is 32.8 Å². The van der Waals surface area contributed by atoms with Gasteiger partial charge in [-0.15, -0.1) is 0 Å². The zero-order valence-corrected chi connectivity index (χ0v) is 33.9. The van der Waals surface area contributed by atoms with Crippen molar-refractivity contribution in [3.63, 3.8) is 0 Å². The van der Waals surface area contributed by atoms with E-state index in [1.807, 2.05) is 54.6 Å². The minimum atomic E-state index is -4.87. The predicted molar refractivity (Wildman–Crippen MR) is 213 cm³/mol. The van der Waals surface area contributed by atoms with E-state index in [-0.39, 0.29) is 18.6 Å². The lowest BCUT2D eigenvalue weighted by molar-refractivity contribution is -0.387. The van der Waals surface area contributed by atoms with Gasteiger partial charge < -0.3 is 23.7 Å². The second-order valence-electron chi connectivity index (χ2n) is 14.6. The van der Waals surface area contributed by atoms with Gasteiger partial charge in [-0.3, -0.25) is 23.7 Å². The molecule has 0 radical (unpaired) electrons. The number of rotatable bonds is 13. The van der Waals surface area contributed by atoms with Crippen molar-refractivity contribution in [2.75, 3.05) is 20.8 Å². The molecule has 1 aliphatic heterocycles. The van der Waals surface area contributed by atoms with Crippen LogP contribution >= 0.6 is 0 Å². The number of hydrogen-bond acceptors (Lipinski definition) is 13. The molecule has 0 unspecified atom stereocenters. The van der Waals surface area contributed by atoms with Crippen molar-refractivity contribution < 1.29 is 46.0 Å². The van der Waals surface area contributed by atoms with E-state index in [1.165, 1.54) is 39.5 Å². The smallest absolute Gasteiger partial charge is 0.425 e. The number of nitro groups is 1. The van der Waals surface area contributed by atoms with Crippen LogP contribution in [0.15, 0.2) is 124 Å². The Morgan fingerprint density at radius 3 is 1.93 bits per heavy atom. The third-order valence-electron chi connectivity index (χ3n) is 9.57. The first-order valence-corrected chi connectivity index (χ1v) is 19.8. The average molecular weight is 830 g/mol. The molecule has 0 spiro atoms. The van der Waals surface area contributed by atoms with Crippen LogP contribution in [-0.4, -0.2) is 67.2 Å². The minimum absolute atomic E-state index is 0.0223. The molecular weight excluding hydrogens is 787 g/mol. The molecule has 6 rings (SSSR count). The summed E-state index contributed by atoms with van der Waals surface area (Å²) in [7, 11) is -1.79. The Morgan fingerprint density at radius 1 is 0.847 bits per heavy atom. The van der Waals surface area contributed by atoms with Gasteiger partial charge in [-0.1, -0.05) is 66.7 Å². The van der Waals surface area contributed by atoms with Crippen LogP contribution in [0.25, 0.3) is 0 Å². The Balaban J connectivity index is 1.48. The lowest BCUT2D eigenvalue weighted by Crippen LogP contribution is -2.47. The summed E-state index contributed by atoms with van der Waals surface area (Å²) in [5.74, 6) is 1.16. The first-order valence-electron chi connectivity index (χ1n) is 18.4. The molecule has 16 nitrogen and oxygen atoms in total. The Kier molecular flexibility index (Phi) is 12.2. The van der Waals surface area contributed by atoms with Crippen molar-refractivity contribution in [2.45, 2.75) is 68.6 Å². The molecule has 1 fully saturated rings. The number of nitro benzene ring substituents is 1. The van der Waals surface area contributed by atoms with Crippen LogP contribution in [0.2, 0.25) is 0 Å². The summed E-state index contributed by atoms with van der Waals surface area (Å²) in [6, 6.07) is 28.3. The molecule has 1 saturated heterocycles. The number of benzene rings is 4. The monoisotopic (exact) mass is 829 g/mol. The second-order valence-corrected chi connectivity index (χ2v) is 16.2. The molecule has 17 heteroatoms. The Bertz CT molecular complexity index is 2500. The van der Waals surface area contributed by atoms with Gasteiger partial charge in [0.1, 0.15) is 41.1 Å². The van der Waals surface area contributed by atoms with Crippen LogP contribution in [0, 0.1) is 17.0 Å². The number of carbonyl (C=O) groups is 1. The van der Waals surface area contributed by atoms with Crippen LogP contribution in [0.4, 0.5) is 10.5 Å². The van der Waals surface area contributed by atoms with Crippen molar-refractivity contribution in [1.82, 2.24) is 9.13 Å². The highest BCUT2D eigenvalue weighted by Crippen LogP contribution is 2.43.